The summed E-state index contributed by atoms with van der Waals surface area (Å²) in [7, 11) is 0. The van der Waals surface area contributed by atoms with Gasteiger partial charge in [0.25, 0.3) is 0 Å². The van der Waals surface area contributed by atoms with Crippen molar-refractivity contribution in [1.82, 2.24) is 4.90 Å². The van der Waals surface area contributed by atoms with Gasteiger partial charge in [-0.3, -0.25) is 9.69 Å². The first kappa shape index (κ1) is 15.9. The summed E-state index contributed by atoms with van der Waals surface area (Å²) in [4.78, 5) is 12.6. The van der Waals surface area contributed by atoms with E-state index in [4.69, 9.17) is 16.7 Å². The fourth-order valence-corrected chi connectivity index (χ4v) is 2.29. The fourth-order valence-electron chi connectivity index (χ4n) is 2.03. The number of carboxylic acids is 1. The normalized spacial score (nSPS) is 10.9. The number of carboxylic acid groups (broad SMARTS) is 1. The molecule has 1 aromatic carbocycles. The van der Waals surface area contributed by atoms with Gasteiger partial charge in [-0.25, -0.2) is 4.39 Å². The zero-order chi connectivity index (χ0) is 14.3. The summed E-state index contributed by atoms with van der Waals surface area (Å²) in [6.07, 6.45) is 2.10. The molecule has 19 heavy (non-hydrogen) atoms. The summed E-state index contributed by atoms with van der Waals surface area (Å²) in [6, 6.07) is 4.64. The zero-order valence-electron chi connectivity index (χ0n) is 11.0. The van der Waals surface area contributed by atoms with Gasteiger partial charge in [0.1, 0.15) is 5.82 Å². The maximum absolute atomic E-state index is 13.5. The van der Waals surface area contributed by atoms with Gasteiger partial charge in [-0.2, -0.15) is 0 Å². The lowest BCUT2D eigenvalue weighted by Gasteiger charge is -2.19. The molecule has 106 valence electrons. The Morgan fingerprint density at radius 2 is 2.16 bits per heavy atom. The average Bonchev–Trinajstić information content (AvgIpc) is 2.32. The molecule has 0 amide bonds. The van der Waals surface area contributed by atoms with E-state index in [-0.39, 0.29) is 12.4 Å². The van der Waals surface area contributed by atoms with Crippen LogP contribution < -0.4 is 0 Å². The van der Waals surface area contributed by atoms with Crippen LogP contribution in [-0.2, 0) is 11.2 Å². The van der Waals surface area contributed by atoms with E-state index in [9.17, 15) is 9.18 Å². The molecule has 0 aliphatic rings. The first-order valence-corrected chi connectivity index (χ1v) is 6.79. The molecule has 1 aromatic rings. The van der Waals surface area contributed by atoms with Crippen LogP contribution in [0.4, 0.5) is 4.39 Å². The summed E-state index contributed by atoms with van der Waals surface area (Å²) in [5, 5.41) is 9.22. The number of halogens is 2. The molecule has 0 radical (unpaired) electrons. The van der Waals surface area contributed by atoms with E-state index in [1.165, 1.54) is 6.07 Å². The van der Waals surface area contributed by atoms with E-state index in [2.05, 4.69) is 0 Å². The predicted molar refractivity (Wildman–Crippen MR) is 74.1 cm³/mol. The van der Waals surface area contributed by atoms with Gasteiger partial charge in [0.05, 0.1) is 6.54 Å². The van der Waals surface area contributed by atoms with Crippen molar-refractivity contribution < 1.29 is 14.3 Å². The fraction of sp³-hybridized carbons (Fsp3) is 0.500. The van der Waals surface area contributed by atoms with Crippen molar-refractivity contribution in [3.63, 3.8) is 0 Å². The molecule has 0 aliphatic carbocycles. The van der Waals surface area contributed by atoms with Gasteiger partial charge in [0.15, 0.2) is 0 Å². The van der Waals surface area contributed by atoms with Gasteiger partial charge in [-0.15, -0.1) is 0 Å². The largest absolute Gasteiger partial charge is 0.480 e. The molecule has 0 atom stereocenters. The predicted octanol–water partition coefficient (Wildman–Crippen LogP) is 3.21. The van der Waals surface area contributed by atoms with Crippen LogP contribution in [0.5, 0.6) is 0 Å². The van der Waals surface area contributed by atoms with Gasteiger partial charge in [0.2, 0.25) is 0 Å². The third-order valence-corrected chi connectivity index (χ3v) is 3.22. The highest BCUT2D eigenvalue weighted by atomic mass is 35.5. The Labute approximate surface area is 118 Å². The zero-order valence-corrected chi connectivity index (χ0v) is 11.8. The smallest absolute Gasteiger partial charge is 0.317 e. The lowest BCUT2D eigenvalue weighted by Crippen LogP contribution is -2.31. The lowest BCUT2D eigenvalue weighted by atomic mass is 10.1. The highest BCUT2D eigenvalue weighted by Crippen LogP contribution is 2.20. The quantitative estimate of drug-likeness (QED) is 0.798. The van der Waals surface area contributed by atoms with Crippen molar-refractivity contribution in [3.8, 4) is 0 Å². The number of aliphatic carboxylic acids is 1. The summed E-state index contributed by atoms with van der Waals surface area (Å²) >= 11 is 5.94. The van der Waals surface area contributed by atoms with Crippen molar-refractivity contribution in [3.05, 3.63) is 34.6 Å². The van der Waals surface area contributed by atoms with Gasteiger partial charge < -0.3 is 5.11 Å². The topological polar surface area (TPSA) is 40.5 Å². The summed E-state index contributed by atoms with van der Waals surface area (Å²) < 4.78 is 13.5. The molecule has 0 aliphatic heterocycles. The Balaban J connectivity index is 2.49. The molecule has 0 aromatic heterocycles. The van der Waals surface area contributed by atoms with Crippen LogP contribution in [-0.4, -0.2) is 35.6 Å². The molecular formula is C14H19ClFNO2. The van der Waals surface area contributed by atoms with Crippen molar-refractivity contribution in [2.45, 2.75) is 26.2 Å². The minimum absolute atomic E-state index is 0.0266. The molecule has 0 spiro atoms. The third kappa shape index (κ3) is 5.57. The first-order valence-electron chi connectivity index (χ1n) is 6.41. The SMILES string of the molecule is CCCN(CCCc1c(F)cccc1Cl)CC(=O)O. The van der Waals surface area contributed by atoms with Gasteiger partial charge in [-0.05, 0) is 44.5 Å². The van der Waals surface area contributed by atoms with Crippen molar-refractivity contribution >= 4 is 17.6 Å². The summed E-state index contributed by atoms with van der Waals surface area (Å²) in [6.45, 7) is 3.39. The standard InChI is InChI=1S/C14H19ClFNO2/c1-2-8-17(10-14(18)19)9-4-5-11-12(15)6-3-7-13(11)16/h3,6-7H,2,4-5,8-10H2,1H3,(H,18,19). The van der Waals surface area contributed by atoms with Crippen LogP contribution in [0.25, 0.3) is 0 Å². The second-order valence-electron chi connectivity index (χ2n) is 4.47. The van der Waals surface area contributed by atoms with E-state index in [1.54, 1.807) is 12.1 Å². The van der Waals surface area contributed by atoms with Crippen molar-refractivity contribution in [2.75, 3.05) is 19.6 Å². The summed E-state index contributed by atoms with van der Waals surface area (Å²) in [5.74, 6) is -1.13. The average molecular weight is 288 g/mol. The van der Waals surface area contributed by atoms with E-state index >= 15 is 0 Å². The molecule has 5 heteroatoms. The molecule has 3 nitrogen and oxygen atoms in total. The first-order chi connectivity index (χ1) is 9.04. The van der Waals surface area contributed by atoms with Gasteiger partial charge in [-0.1, -0.05) is 24.6 Å². The van der Waals surface area contributed by atoms with Crippen LogP contribution in [0.1, 0.15) is 25.3 Å². The molecule has 1 N–H and O–H groups in total. The maximum Gasteiger partial charge on any atom is 0.317 e. The Hall–Kier alpha value is -1.13. The van der Waals surface area contributed by atoms with Crippen LogP contribution in [0.3, 0.4) is 0 Å². The van der Waals surface area contributed by atoms with E-state index in [1.807, 2.05) is 11.8 Å². The number of benzene rings is 1. The monoisotopic (exact) mass is 287 g/mol. The van der Waals surface area contributed by atoms with Gasteiger partial charge in [0, 0.05) is 10.6 Å². The molecule has 0 unspecified atom stereocenters. The highest BCUT2D eigenvalue weighted by Gasteiger charge is 2.10. The van der Waals surface area contributed by atoms with Crippen LogP contribution in [0, 0.1) is 5.82 Å². The van der Waals surface area contributed by atoms with Crippen molar-refractivity contribution in [2.24, 2.45) is 0 Å². The number of hydrogen-bond acceptors (Lipinski definition) is 2. The Kier molecular flexibility index (Phi) is 6.81. The molecule has 0 heterocycles. The molecule has 0 saturated carbocycles. The Bertz CT molecular complexity index is 406. The van der Waals surface area contributed by atoms with Crippen LogP contribution in [0.15, 0.2) is 18.2 Å². The minimum atomic E-state index is -0.836. The maximum atomic E-state index is 13.5. The van der Waals surface area contributed by atoms with E-state index in [0.29, 0.717) is 30.0 Å². The molecule has 0 bridgehead atoms. The summed E-state index contributed by atoms with van der Waals surface area (Å²) in [5.41, 5.74) is 0.510. The van der Waals surface area contributed by atoms with E-state index < -0.39 is 5.97 Å². The number of rotatable bonds is 8. The molecule has 0 fully saturated rings. The Morgan fingerprint density at radius 1 is 1.42 bits per heavy atom. The minimum Gasteiger partial charge on any atom is -0.480 e. The van der Waals surface area contributed by atoms with Gasteiger partial charge >= 0.3 is 5.97 Å². The number of hydrogen-bond donors (Lipinski definition) is 1. The Morgan fingerprint density at radius 3 is 2.74 bits per heavy atom. The van der Waals surface area contributed by atoms with Crippen LogP contribution in [0.2, 0.25) is 5.02 Å². The van der Waals surface area contributed by atoms with Crippen LogP contribution >= 0.6 is 11.6 Å². The number of nitrogens with zero attached hydrogens (tertiary/aromatic N) is 1. The molecule has 1 rings (SSSR count). The second-order valence-corrected chi connectivity index (χ2v) is 4.88. The lowest BCUT2D eigenvalue weighted by molar-refractivity contribution is -0.138. The molecule has 0 saturated heterocycles. The van der Waals surface area contributed by atoms with Crippen molar-refractivity contribution in [1.29, 1.82) is 0 Å². The van der Waals surface area contributed by atoms with E-state index in [0.717, 1.165) is 13.0 Å². The number of carbonyl (C=O) groups is 1. The highest BCUT2D eigenvalue weighted by molar-refractivity contribution is 6.31. The second kappa shape index (κ2) is 8.12. The third-order valence-electron chi connectivity index (χ3n) is 2.86. The molecular weight excluding hydrogens is 269 g/mol.